The fourth-order valence-corrected chi connectivity index (χ4v) is 5.07. The summed E-state index contributed by atoms with van der Waals surface area (Å²) in [6, 6.07) is 0. The third kappa shape index (κ3) is 11.8. The minimum atomic E-state index is -1.10. The number of carbonyl (C=O) groups excluding carboxylic acids is 4. The number of hydrogen-bond acceptors (Lipinski definition) is 10. The maximum absolute atomic E-state index is 12.0. The van der Waals surface area contributed by atoms with Crippen LogP contribution in [-0.4, -0.2) is 86.5 Å². The summed E-state index contributed by atoms with van der Waals surface area (Å²) in [6.07, 6.45) is 3.65. The molecule has 1 N–H and O–H groups in total. The normalized spacial score (nSPS) is 21.9. The van der Waals surface area contributed by atoms with Crippen LogP contribution in [-0.2, 0) is 38.1 Å². The molecule has 1 saturated heterocycles. The Balaban J connectivity index is 1.15. The van der Waals surface area contributed by atoms with Crippen LogP contribution in [0.2, 0.25) is 0 Å². The molecule has 1 saturated carbocycles. The molecule has 0 bridgehead atoms. The lowest BCUT2D eigenvalue weighted by Crippen LogP contribution is -2.34. The topological polar surface area (TPSA) is 139 Å². The summed E-state index contributed by atoms with van der Waals surface area (Å²) in [6.45, 7) is 10.1. The van der Waals surface area contributed by atoms with Crippen LogP contribution in [0.3, 0.4) is 0 Å². The first kappa shape index (κ1) is 33.6. The van der Waals surface area contributed by atoms with E-state index in [0.717, 1.165) is 25.7 Å². The lowest BCUT2D eigenvalue weighted by atomic mass is 10.0. The largest absolute Gasteiger partial charge is 0.533 e. The van der Waals surface area contributed by atoms with Crippen molar-refractivity contribution < 1.29 is 47.7 Å². The van der Waals surface area contributed by atoms with Crippen LogP contribution < -0.4 is 5.32 Å². The Morgan fingerprint density at radius 2 is 1.43 bits per heavy atom. The van der Waals surface area contributed by atoms with Gasteiger partial charge < -0.3 is 29.0 Å². The van der Waals surface area contributed by atoms with Crippen LogP contribution >= 0.6 is 0 Å². The van der Waals surface area contributed by atoms with E-state index < -0.39 is 35.3 Å². The molecule has 3 rings (SSSR count). The van der Waals surface area contributed by atoms with Crippen molar-refractivity contribution in [2.75, 3.05) is 46.2 Å². The molecule has 0 spiro atoms. The second-order valence-electron chi connectivity index (χ2n) is 12.0. The fourth-order valence-electron chi connectivity index (χ4n) is 5.07. The standard InChI is InChI=1S/C30H46N2O10/c1-29(2,13-16-38-28(36)42-32-25(33)11-12-26(32)34)40-17-14-30(3,4)41-20-19-37-18-15-31-27(35)39-21-24-22-9-7-5-6-8-10-23(22)24/h22-24H,7-21H2,1-4H3,(H,31,35)/t22-,23+,24?. The number of carbonyl (C=O) groups is 4. The molecule has 1 unspecified atom stereocenters. The van der Waals surface area contributed by atoms with E-state index in [-0.39, 0.29) is 19.4 Å². The van der Waals surface area contributed by atoms with Crippen molar-refractivity contribution >= 4 is 24.1 Å². The first-order valence-electron chi connectivity index (χ1n) is 14.9. The summed E-state index contributed by atoms with van der Waals surface area (Å²) in [5, 5.41) is 3.18. The molecule has 1 heterocycles. The summed E-state index contributed by atoms with van der Waals surface area (Å²) < 4.78 is 27.8. The lowest BCUT2D eigenvalue weighted by Gasteiger charge is -2.29. The Hall–Kier alpha value is -2.88. The second kappa shape index (κ2) is 16.1. The van der Waals surface area contributed by atoms with Gasteiger partial charge in [-0.15, -0.1) is 11.8 Å². The van der Waals surface area contributed by atoms with Gasteiger partial charge in [-0.05, 0) is 64.7 Å². The summed E-state index contributed by atoms with van der Waals surface area (Å²) in [5.74, 6) is 7.03. The second-order valence-corrected chi connectivity index (χ2v) is 12.0. The summed E-state index contributed by atoms with van der Waals surface area (Å²) in [5.41, 5.74) is -1.03. The van der Waals surface area contributed by atoms with Crippen LogP contribution in [0.25, 0.3) is 0 Å². The molecule has 236 valence electrons. The highest BCUT2D eigenvalue weighted by molar-refractivity contribution is 6.01. The first-order valence-corrected chi connectivity index (χ1v) is 14.9. The van der Waals surface area contributed by atoms with Crippen molar-refractivity contribution in [3.8, 4) is 11.8 Å². The van der Waals surface area contributed by atoms with E-state index in [4.69, 9.17) is 23.7 Å². The Morgan fingerprint density at radius 1 is 0.833 bits per heavy atom. The van der Waals surface area contributed by atoms with Crippen LogP contribution in [0, 0.1) is 29.6 Å². The van der Waals surface area contributed by atoms with Gasteiger partial charge in [0.25, 0.3) is 11.8 Å². The zero-order valence-corrected chi connectivity index (χ0v) is 25.4. The molecule has 3 amide bonds. The summed E-state index contributed by atoms with van der Waals surface area (Å²) >= 11 is 0. The molecule has 42 heavy (non-hydrogen) atoms. The molecule has 0 radical (unpaired) electrons. The SMILES string of the molecule is CC(C)(CCOC(=O)ON1C(=O)CCC1=O)OCCC(C)(C)OCCOCCNC(=O)OCC1[C@H]2CCC#CCC[C@@H]12. The van der Waals surface area contributed by atoms with E-state index in [1.54, 1.807) is 0 Å². The van der Waals surface area contributed by atoms with Gasteiger partial charge in [-0.1, -0.05) is 5.06 Å². The zero-order chi connectivity index (χ0) is 30.6. The number of amides is 3. The van der Waals surface area contributed by atoms with Crippen molar-refractivity contribution in [2.24, 2.45) is 17.8 Å². The van der Waals surface area contributed by atoms with Gasteiger partial charge in [0.1, 0.15) is 0 Å². The van der Waals surface area contributed by atoms with Crippen LogP contribution in [0.5, 0.6) is 0 Å². The number of nitrogens with one attached hydrogen (secondary N) is 1. The van der Waals surface area contributed by atoms with Gasteiger partial charge >= 0.3 is 12.2 Å². The Bertz CT molecular complexity index is 968. The lowest BCUT2D eigenvalue weighted by molar-refractivity contribution is -0.177. The van der Waals surface area contributed by atoms with E-state index in [1.807, 2.05) is 27.7 Å². The minimum absolute atomic E-state index is 0.00312. The molecule has 1 aliphatic heterocycles. The molecule has 2 fully saturated rings. The zero-order valence-electron chi connectivity index (χ0n) is 25.4. The van der Waals surface area contributed by atoms with Gasteiger partial charge in [0.15, 0.2) is 0 Å². The minimum Gasteiger partial charge on any atom is -0.449 e. The highest BCUT2D eigenvalue weighted by Gasteiger charge is 2.49. The molecule has 3 aliphatic rings. The number of nitrogens with zero attached hydrogens (tertiary/aromatic N) is 1. The van der Waals surface area contributed by atoms with Gasteiger partial charge in [0.05, 0.1) is 50.8 Å². The van der Waals surface area contributed by atoms with Crippen LogP contribution in [0.1, 0.15) is 79.1 Å². The average molecular weight is 595 g/mol. The number of hydroxylamine groups is 2. The third-order valence-electron chi connectivity index (χ3n) is 7.77. The van der Waals surface area contributed by atoms with Crippen molar-refractivity contribution in [1.82, 2.24) is 10.4 Å². The van der Waals surface area contributed by atoms with Crippen molar-refractivity contribution in [2.45, 2.75) is 90.3 Å². The van der Waals surface area contributed by atoms with Crippen LogP contribution in [0.4, 0.5) is 9.59 Å². The predicted molar refractivity (Wildman–Crippen MR) is 150 cm³/mol. The maximum Gasteiger partial charge on any atom is 0.533 e. The molecule has 3 atom stereocenters. The molecule has 0 aromatic heterocycles. The van der Waals surface area contributed by atoms with Gasteiger partial charge in [0, 0.05) is 38.6 Å². The highest BCUT2D eigenvalue weighted by atomic mass is 16.8. The number of hydrogen-bond donors (Lipinski definition) is 1. The first-order chi connectivity index (χ1) is 20.0. The van der Waals surface area contributed by atoms with Crippen molar-refractivity contribution in [3.05, 3.63) is 0 Å². The fraction of sp³-hybridized carbons (Fsp3) is 0.800. The van der Waals surface area contributed by atoms with E-state index in [0.29, 0.717) is 75.2 Å². The van der Waals surface area contributed by atoms with Gasteiger partial charge in [0.2, 0.25) is 0 Å². The highest BCUT2D eigenvalue weighted by Crippen LogP contribution is 2.52. The quantitative estimate of drug-likeness (QED) is 0.115. The third-order valence-corrected chi connectivity index (χ3v) is 7.77. The number of fused-ring (bicyclic) bond motifs is 1. The van der Waals surface area contributed by atoms with Gasteiger partial charge in [-0.2, -0.15) is 0 Å². The number of alkyl carbamates (subject to hydrolysis) is 1. The molecule has 0 aromatic carbocycles. The number of rotatable bonds is 17. The van der Waals surface area contributed by atoms with Crippen molar-refractivity contribution in [1.29, 1.82) is 0 Å². The molecule has 2 aliphatic carbocycles. The molecule has 12 heteroatoms. The van der Waals surface area contributed by atoms with Gasteiger partial charge in [-0.3, -0.25) is 14.4 Å². The Labute approximate surface area is 248 Å². The van der Waals surface area contributed by atoms with E-state index in [2.05, 4.69) is 22.0 Å². The molecular weight excluding hydrogens is 548 g/mol. The van der Waals surface area contributed by atoms with E-state index >= 15 is 0 Å². The maximum atomic E-state index is 12.0. The number of ether oxygens (including phenoxy) is 5. The van der Waals surface area contributed by atoms with Crippen LogP contribution in [0.15, 0.2) is 0 Å². The average Bonchev–Trinajstić information content (AvgIpc) is 3.45. The Kier molecular flexibility index (Phi) is 12.9. The summed E-state index contributed by atoms with van der Waals surface area (Å²) in [4.78, 5) is 51.4. The van der Waals surface area contributed by atoms with E-state index in [9.17, 15) is 19.2 Å². The van der Waals surface area contributed by atoms with Gasteiger partial charge in [-0.25, -0.2) is 9.59 Å². The molecular formula is C30H46N2O10. The summed E-state index contributed by atoms with van der Waals surface area (Å²) in [7, 11) is 0. The molecule has 12 nitrogen and oxygen atoms in total. The van der Waals surface area contributed by atoms with E-state index in [1.165, 1.54) is 0 Å². The monoisotopic (exact) mass is 594 g/mol. The predicted octanol–water partition coefficient (Wildman–Crippen LogP) is 3.76. The smallest absolute Gasteiger partial charge is 0.449 e. The Morgan fingerprint density at radius 3 is 2.07 bits per heavy atom. The van der Waals surface area contributed by atoms with Crippen molar-refractivity contribution in [3.63, 3.8) is 0 Å². The molecule has 0 aromatic rings. The number of imide groups is 1.